The van der Waals surface area contributed by atoms with Crippen LogP contribution in [0, 0.1) is 60.6 Å². The first kappa shape index (κ1) is 36.2. The predicted molar refractivity (Wildman–Crippen MR) is 182 cm³/mol. The van der Waals surface area contributed by atoms with E-state index < -0.39 is 0 Å². The molecule has 0 amide bonds. The van der Waals surface area contributed by atoms with Crippen LogP contribution in [0.15, 0.2) is 0 Å². The first-order chi connectivity index (χ1) is 17.6. The molecule has 0 aliphatic heterocycles. The van der Waals surface area contributed by atoms with Crippen LogP contribution in [-0.2, 0) is 0 Å². The molecule has 0 saturated heterocycles. The zero-order chi connectivity index (χ0) is 31.4. The van der Waals surface area contributed by atoms with Gasteiger partial charge in [-0.2, -0.15) is 0 Å². The monoisotopic (exact) mass is 559 g/mol. The van der Waals surface area contributed by atoms with Gasteiger partial charge in [0.15, 0.2) is 0 Å². The molecule has 4 aliphatic rings. The van der Waals surface area contributed by atoms with Crippen LogP contribution in [0.2, 0.25) is 0 Å². The summed E-state index contributed by atoms with van der Waals surface area (Å²) in [4.78, 5) is 0. The van der Waals surface area contributed by atoms with Gasteiger partial charge in [-0.15, -0.1) is 0 Å². The zero-order valence-electron chi connectivity index (χ0n) is 31.4. The quantitative estimate of drug-likeness (QED) is 0.277. The summed E-state index contributed by atoms with van der Waals surface area (Å²) in [6.45, 7) is 43.7. The second kappa shape index (κ2) is 11.2. The summed E-state index contributed by atoms with van der Waals surface area (Å²) in [6, 6.07) is 0. The van der Waals surface area contributed by atoms with E-state index in [-0.39, 0.29) is 0 Å². The van der Waals surface area contributed by atoms with Crippen molar-refractivity contribution in [2.75, 3.05) is 0 Å². The molecule has 2 bridgehead atoms. The summed E-state index contributed by atoms with van der Waals surface area (Å²) in [5, 5.41) is 0. The molecule has 0 aromatic carbocycles. The molecule has 4 rings (SSSR count). The third-order valence-electron chi connectivity index (χ3n) is 13.7. The van der Waals surface area contributed by atoms with Gasteiger partial charge in [0.1, 0.15) is 0 Å². The number of rotatable bonds is 0. The average Bonchev–Trinajstić information content (AvgIpc) is 3.35. The second-order valence-corrected chi connectivity index (χ2v) is 21.3. The molecule has 0 aromatic heterocycles. The Hall–Kier alpha value is 0. The topological polar surface area (TPSA) is 0 Å². The fraction of sp³-hybridized carbons (Fsp3) is 1.00. The molecule has 0 spiro atoms. The smallest absolute Gasteiger partial charge is 0.0169 e. The molecule has 4 saturated carbocycles. The van der Waals surface area contributed by atoms with E-state index in [4.69, 9.17) is 0 Å². The van der Waals surface area contributed by atoms with E-state index >= 15 is 0 Å². The van der Waals surface area contributed by atoms with Crippen LogP contribution < -0.4 is 0 Å². The normalized spacial score (nSPS) is 27.8. The van der Waals surface area contributed by atoms with Crippen LogP contribution in [-0.4, -0.2) is 0 Å². The van der Waals surface area contributed by atoms with E-state index in [1.807, 2.05) is 0 Å². The Morgan fingerprint density at radius 2 is 0.750 bits per heavy atom. The lowest BCUT2D eigenvalue weighted by atomic mass is 9.48. The van der Waals surface area contributed by atoms with Crippen molar-refractivity contribution < 1.29 is 0 Å². The molecule has 4 fully saturated rings. The minimum absolute atomic E-state index is 0.450. The molecule has 0 radical (unpaired) electrons. The van der Waals surface area contributed by atoms with Gasteiger partial charge in [-0.05, 0) is 106 Å². The number of fused-ring (bicyclic) bond motifs is 2. The lowest BCUT2D eigenvalue weighted by Crippen LogP contribution is -2.49. The lowest BCUT2D eigenvalue weighted by molar-refractivity contribution is -0.0804. The molecular formula is C40H78. The van der Waals surface area contributed by atoms with Gasteiger partial charge in [0, 0.05) is 0 Å². The summed E-state index contributed by atoms with van der Waals surface area (Å²) in [5.41, 5.74) is 4.57. The molecule has 0 nitrogen and oxygen atoms in total. The van der Waals surface area contributed by atoms with E-state index in [9.17, 15) is 0 Å². The molecule has 238 valence electrons. The van der Waals surface area contributed by atoms with Crippen molar-refractivity contribution in [1.82, 2.24) is 0 Å². The predicted octanol–water partition coefficient (Wildman–Crippen LogP) is 13.8. The molecule has 0 N–H and O–H groups in total. The summed E-state index contributed by atoms with van der Waals surface area (Å²) in [6.07, 6.45) is 16.1. The Bertz CT molecular complexity index is 754. The van der Waals surface area contributed by atoms with Gasteiger partial charge in [0.25, 0.3) is 0 Å². The van der Waals surface area contributed by atoms with E-state index in [1.165, 1.54) is 70.6 Å². The molecule has 40 heavy (non-hydrogen) atoms. The van der Waals surface area contributed by atoms with Crippen molar-refractivity contribution in [1.29, 1.82) is 0 Å². The van der Waals surface area contributed by atoms with E-state index in [2.05, 4.69) is 125 Å². The molecular weight excluding hydrogens is 480 g/mol. The first-order valence-corrected chi connectivity index (χ1v) is 17.6. The highest BCUT2D eigenvalue weighted by Gasteiger charge is 2.61. The van der Waals surface area contributed by atoms with Crippen molar-refractivity contribution in [3.8, 4) is 0 Å². The SMILES string of the molecule is CC(C)(C)C1(C(C)(C)C)CC1.CC(C)(C)C1(C(C)(C)C)CCCCC1.CC(C)(C)C1(C(C)(C)C)C[C@@H]2CC[C@H]1C2. The van der Waals surface area contributed by atoms with Crippen LogP contribution in [0.4, 0.5) is 0 Å². The first-order valence-electron chi connectivity index (χ1n) is 17.6. The summed E-state index contributed by atoms with van der Waals surface area (Å²) in [7, 11) is 0. The maximum absolute atomic E-state index is 2.47. The number of hydrogen-bond donors (Lipinski definition) is 0. The van der Waals surface area contributed by atoms with Crippen molar-refractivity contribution in [3.05, 3.63) is 0 Å². The standard InChI is InChI=1S/C15H28.C14H28.C11H22/c1-13(2,3)15(14(4,5)6)10-11-7-8-12(15)9-11;1-12(2,3)14(13(4,5)6)10-8-7-9-11-14;1-9(2,3)11(7-8-11)10(4,5)6/h11-12H,7-10H2,1-6H3;7-11H2,1-6H3;7-8H2,1-6H3/t11-,12+;;/m1../s1. The third kappa shape index (κ3) is 6.57. The van der Waals surface area contributed by atoms with Gasteiger partial charge in [0.2, 0.25) is 0 Å². The van der Waals surface area contributed by atoms with Crippen molar-refractivity contribution in [2.24, 2.45) is 60.6 Å². The van der Waals surface area contributed by atoms with Crippen molar-refractivity contribution in [3.63, 3.8) is 0 Å². The number of hydrogen-bond acceptors (Lipinski definition) is 0. The van der Waals surface area contributed by atoms with Crippen LogP contribution in [0.25, 0.3) is 0 Å². The molecule has 4 aliphatic carbocycles. The Morgan fingerprint density at radius 1 is 0.400 bits per heavy atom. The van der Waals surface area contributed by atoms with E-state index in [0.717, 1.165) is 11.8 Å². The van der Waals surface area contributed by atoms with Crippen LogP contribution in [0.1, 0.15) is 195 Å². The fourth-order valence-electron chi connectivity index (χ4n) is 11.8. The Balaban J connectivity index is 0.000000213. The van der Waals surface area contributed by atoms with E-state index in [1.54, 1.807) is 0 Å². The lowest BCUT2D eigenvalue weighted by Gasteiger charge is -2.57. The molecule has 2 atom stereocenters. The molecule has 0 heteroatoms. The highest BCUT2D eigenvalue weighted by molar-refractivity contribution is 5.10. The van der Waals surface area contributed by atoms with Crippen LogP contribution in [0.5, 0.6) is 0 Å². The van der Waals surface area contributed by atoms with Gasteiger partial charge < -0.3 is 0 Å². The Kier molecular flexibility index (Phi) is 10.1. The molecule has 0 heterocycles. The van der Waals surface area contributed by atoms with Crippen molar-refractivity contribution >= 4 is 0 Å². The minimum Gasteiger partial charge on any atom is -0.0596 e. The zero-order valence-corrected chi connectivity index (χ0v) is 31.4. The van der Waals surface area contributed by atoms with Gasteiger partial charge in [-0.25, -0.2) is 0 Å². The van der Waals surface area contributed by atoms with Gasteiger partial charge in [-0.1, -0.05) is 150 Å². The second-order valence-electron chi connectivity index (χ2n) is 21.3. The van der Waals surface area contributed by atoms with Gasteiger partial charge >= 0.3 is 0 Å². The Morgan fingerprint density at radius 3 is 0.900 bits per heavy atom. The summed E-state index contributed by atoms with van der Waals surface area (Å²) in [5.74, 6) is 2.05. The molecule has 0 unspecified atom stereocenters. The minimum atomic E-state index is 0.450. The third-order valence-corrected chi connectivity index (χ3v) is 13.7. The van der Waals surface area contributed by atoms with Crippen LogP contribution >= 0.6 is 0 Å². The largest absolute Gasteiger partial charge is 0.0596 e. The van der Waals surface area contributed by atoms with Crippen LogP contribution in [0.3, 0.4) is 0 Å². The fourth-order valence-corrected chi connectivity index (χ4v) is 11.8. The Labute approximate surface area is 255 Å². The maximum atomic E-state index is 2.47. The van der Waals surface area contributed by atoms with Gasteiger partial charge in [0.05, 0.1) is 0 Å². The van der Waals surface area contributed by atoms with Crippen molar-refractivity contribution in [2.45, 2.75) is 195 Å². The van der Waals surface area contributed by atoms with Gasteiger partial charge in [-0.3, -0.25) is 0 Å². The molecule has 0 aromatic rings. The average molecular weight is 559 g/mol. The highest BCUT2D eigenvalue weighted by Crippen LogP contribution is 2.70. The summed E-state index contributed by atoms with van der Waals surface area (Å²) < 4.78 is 0. The summed E-state index contributed by atoms with van der Waals surface area (Å²) >= 11 is 0. The highest BCUT2D eigenvalue weighted by atomic mass is 14.7. The maximum Gasteiger partial charge on any atom is -0.0169 e. The van der Waals surface area contributed by atoms with E-state index in [0.29, 0.717) is 48.7 Å².